The molecule has 0 saturated heterocycles. The van der Waals surface area contributed by atoms with Crippen molar-refractivity contribution in [2.24, 2.45) is 0 Å². The van der Waals surface area contributed by atoms with Crippen LogP contribution in [0.15, 0.2) is 12.7 Å². The van der Waals surface area contributed by atoms with E-state index in [-0.39, 0.29) is 5.21 Å². The molecule has 0 unspecified atom stereocenters. The van der Waals surface area contributed by atoms with Crippen LogP contribution in [0.25, 0.3) is 0 Å². The fraction of sp³-hybridized carbons (Fsp3) is 0.333. The van der Waals surface area contributed by atoms with Crippen molar-refractivity contribution in [2.45, 2.75) is 5.21 Å². The maximum absolute atomic E-state index is 9.92. The normalized spacial score (nSPS) is 11.1. The molecule has 0 heterocycles. The minimum atomic E-state index is -4.31. The summed E-state index contributed by atoms with van der Waals surface area (Å²) in [6.07, 6.45) is 1.22. The minimum absolute atomic E-state index is 0.168. The summed E-state index contributed by atoms with van der Waals surface area (Å²) < 4.78 is 26.2. The van der Waals surface area contributed by atoms with Gasteiger partial charge in [-0.15, -0.1) is 0 Å². The molecule has 2 N–H and O–H groups in total. The van der Waals surface area contributed by atoms with Crippen LogP contribution in [0.1, 0.15) is 0 Å². The molecular weight excluding hydrogens is 159 g/mol. The van der Waals surface area contributed by atoms with Crippen LogP contribution in [0.5, 0.6) is 0 Å². The van der Waals surface area contributed by atoms with Crippen molar-refractivity contribution in [3.05, 3.63) is 12.7 Å². The molecule has 0 fully saturated rings. The average molecular weight is 166 g/mol. The van der Waals surface area contributed by atoms with Crippen molar-refractivity contribution < 1.29 is 11.9 Å². The summed E-state index contributed by atoms with van der Waals surface area (Å²) in [7, 11) is 0. The van der Waals surface area contributed by atoms with Gasteiger partial charge >= 0.3 is 44.0 Å². The van der Waals surface area contributed by atoms with Gasteiger partial charge in [0.25, 0.3) is 0 Å². The molecule has 3 nitrogen and oxygen atoms in total. The van der Waals surface area contributed by atoms with Gasteiger partial charge in [-0.3, -0.25) is 0 Å². The van der Waals surface area contributed by atoms with E-state index >= 15 is 0 Å². The topological polar surface area (TPSA) is 57.5 Å². The van der Waals surface area contributed by atoms with Crippen LogP contribution in [0.3, 0.4) is 0 Å². The Labute approximate surface area is 44.7 Å². The predicted octanol–water partition coefficient (Wildman–Crippen LogP) is -0.474. The Kier molecular flexibility index (Phi) is 2.36. The molecular formula is C3H7AsO3. The fourth-order valence-electron chi connectivity index (χ4n) is 0.168. The van der Waals surface area contributed by atoms with E-state index < -0.39 is 14.2 Å². The standard InChI is InChI=1S/C3H7AsO3/c1-2-3-4(5,6)7/h2H,1,3H2,(H2,5,6,7). The van der Waals surface area contributed by atoms with Gasteiger partial charge in [-0.25, -0.2) is 0 Å². The number of hydrogen-bond donors (Lipinski definition) is 2. The SMILES string of the molecule is C=CC[As](=O)(O)O. The molecule has 0 aliphatic carbocycles. The zero-order chi connectivity index (χ0) is 5.91. The van der Waals surface area contributed by atoms with Crippen LogP contribution in [-0.2, 0) is 3.74 Å². The third-order valence-electron chi connectivity index (χ3n) is 0.367. The second-order valence-electron chi connectivity index (χ2n) is 1.14. The molecule has 0 aliphatic rings. The molecule has 0 aromatic heterocycles. The summed E-state index contributed by atoms with van der Waals surface area (Å²) >= 11 is -4.31. The summed E-state index contributed by atoms with van der Waals surface area (Å²) in [5.41, 5.74) is 0. The van der Waals surface area contributed by atoms with Gasteiger partial charge in [-0.05, 0) is 0 Å². The van der Waals surface area contributed by atoms with Crippen molar-refractivity contribution in [3.63, 3.8) is 0 Å². The summed E-state index contributed by atoms with van der Waals surface area (Å²) in [6, 6.07) is 0. The fourth-order valence-corrected chi connectivity index (χ4v) is 0.874. The van der Waals surface area contributed by atoms with Crippen molar-refractivity contribution in [1.29, 1.82) is 0 Å². The molecule has 0 aromatic rings. The quantitative estimate of drug-likeness (QED) is 0.430. The van der Waals surface area contributed by atoms with Crippen LogP contribution in [0, 0.1) is 0 Å². The molecule has 0 amide bonds. The molecule has 0 aliphatic heterocycles. The Bertz CT molecular complexity index is 103. The summed E-state index contributed by atoms with van der Waals surface area (Å²) in [5.74, 6) is 0. The predicted molar refractivity (Wildman–Crippen MR) is 25.9 cm³/mol. The second kappa shape index (κ2) is 2.36. The van der Waals surface area contributed by atoms with Crippen molar-refractivity contribution >= 4 is 14.2 Å². The van der Waals surface area contributed by atoms with E-state index in [1.807, 2.05) is 0 Å². The van der Waals surface area contributed by atoms with Gasteiger partial charge in [0.1, 0.15) is 0 Å². The maximum atomic E-state index is 9.92. The Hall–Kier alpha value is 0.0184. The summed E-state index contributed by atoms with van der Waals surface area (Å²) in [5, 5.41) is -0.168. The van der Waals surface area contributed by atoms with Gasteiger partial charge in [-0.1, -0.05) is 0 Å². The summed E-state index contributed by atoms with van der Waals surface area (Å²) in [6.45, 7) is 3.17. The van der Waals surface area contributed by atoms with Crippen LogP contribution in [0.2, 0.25) is 5.21 Å². The van der Waals surface area contributed by atoms with Crippen molar-refractivity contribution in [2.75, 3.05) is 0 Å². The van der Waals surface area contributed by atoms with E-state index in [0.717, 1.165) is 0 Å². The van der Waals surface area contributed by atoms with Crippen LogP contribution >= 0.6 is 0 Å². The van der Waals surface area contributed by atoms with E-state index in [1.165, 1.54) is 6.08 Å². The molecule has 4 heteroatoms. The summed E-state index contributed by atoms with van der Waals surface area (Å²) in [4.78, 5) is 0. The van der Waals surface area contributed by atoms with Crippen LogP contribution in [-0.4, -0.2) is 22.4 Å². The first-order chi connectivity index (χ1) is 3.06. The van der Waals surface area contributed by atoms with E-state index in [9.17, 15) is 3.74 Å². The number of hydrogen-bond acceptors (Lipinski definition) is 1. The molecule has 0 aromatic carbocycles. The monoisotopic (exact) mass is 166 g/mol. The molecule has 0 radical (unpaired) electrons. The second-order valence-corrected chi connectivity index (χ2v) is 4.69. The molecule has 42 valence electrons. The zero-order valence-electron chi connectivity index (χ0n) is 3.74. The van der Waals surface area contributed by atoms with Gasteiger partial charge in [-0.2, -0.15) is 0 Å². The molecule has 0 saturated carbocycles. The Morgan fingerprint density at radius 1 is 1.71 bits per heavy atom. The van der Waals surface area contributed by atoms with Gasteiger partial charge in [0.2, 0.25) is 0 Å². The van der Waals surface area contributed by atoms with Gasteiger partial charge in [0.05, 0.1) is 0 Å². The van der Waals surface area contributed by atoms with Gasteiger partial charge in [0, 0.05) is 0 Å². The van der Waals surface area contributed by atoms with E-state index in [1.54, 1.807) is 0 Å². The number of rotatable bonds is 2. The molecule has 0 rings (SSSR count). The Morgan fingerprint density at radius 2 is 2.14 bits per heavy atom. The molecule has 0 spiro atoms. The van der Waals surface area contributed by atoms with Crippen molar-refractivity contribution in [3.8, 4) is 0 Å². The third kappa shape index (κ3) is 6.02. The van der Waals surface area contributed by atoms with Crippen LogP contribution < -0.4 is 0 Å². The van der Waals surface area contributed by atoms with E-state index in [2.05, 4.69) is 6.58 Å². The van der Waals surface area contributed by atoms with E-state index in [4.69, 9.17) is 8.19 Å². The van der Waals surface area contributed by atoms with Crippen LogP contribution in [0.4, 0.5) is 0 Å². The zero-order valence-corrected chi connectivity index (χ0v) is 5.62. The van der Waals surface area contributed by atoms with Gasteiger partial charge < -0.3 is 0 Å². The van der Waals surface area contributed by atoms with E-state index in [0.29, 0.717) is 0 Å². The average Bonchev–Trinajstić information content (AvgIpc) is 1.30. The number of allylic oxidation sites excluding steroid dienone is 1. The first-order valence-corrected chi connectivity index (χ1v) is 5.49. The van der Waals surface area contributed by atoms with Gasteiger partial charge in [0.15, 0.2) is 0 Å². The molecule has 0 bridgehead atoms. The Morgan fingerprint density at radius 3 is 2.14 bits per heavy atom. The Balaban J connectivity index is 3.57. The molecule has 7 heavy (non-hydrogen) atoms. The molecule has 0 atom stereocenters. The first kappa shape index (κ1) is 7.02. The van der Waals surface area contributed by atoms with Crippen molar-refractivity contribution in [1.82, 2.24) is 0 Å². The first-order valence-electron chi connectivity index (χ1n) is 1.72. The third-order valence-corrected chi connectivity index (χ3v) is 1.91.